The zero-order valence-electron chi connectivity index (χ0n) is 17.7. The summed E-state index contributed by atoms with van der Waals surface area (Å²) in [5.41, 5.74) is 2.08. The van der Waals surface area contributed by atoms with Crippen LogP contribution in [0.25, 0.3) is 0 Å². The minimum atomic E-state index is -4.20. The van der Waals surface area contributed by atoms with Crippen molar-refractivity contribution in [2.24, 2.45) is 0 Å². The molecule has 0 unspecified atom stereocenters. The van der Waals surface area contributed by atoms with Gasteiger partial charge in [0, 0.05) is 11.8 Å². The van der Waals surface area contributed by atoms with Crippen LogP contribution >= 0.6 is 11.8 Å². The van der Waals surface area contributed by atoms with Gasteiger partial charge in [0.1, 0.15) is 6.54 Å². The Balaban J connectivity index is 1.95. The van der Waals surface area contributed by atoms with Gasteiger partial charge in [0.2, 0.25) is 10.0 Å². The molecule has 12 heteroatoms. The van der Waals surface area contributed by atoms with Crippen molar-refractivity contribution >= 4 is 45.0 Å². The van der Waals surface area contributed by atoms with Gasteiger partial charge in [-0.3, -0.25) is 19.7 Å². The Morgan fingerprint density at radius 1 is 1.22 bits per heavy atom. The molecule has 2 aromatic carbocycles. The number of sulfonamides is 1. The van der Waals surface area contributed by atoms with Gasteiger partial charge in [0.05, 0.1) is 14.7 Å². The van der Waals surface area contributed by atoms with Crippen molar-refractivity contribution in [1.82, 2.24) is 4.72 Å². The molecule has 0 aliphatic rings. The number of nitro groups is 1. The summed E-state index contributed by atoms with van der Waals surface area (Å²) in [4.78, 5) is 34.4. The van der Waals surface area contributed by atoms with Gasteiger partial charge in [-0.25, -0.2) is 8.42 Å². The smallest absolute Gasteiger partial charge is 0.321 e. The third-order valence-corrected chi connectivity index (χ3v) is 6.62. The van der Waals surface area contributed by atoms with Crippen molar-refractivity contribution < 1.29 is 27.7 Å². The Hall–Kier alpha value is -2.96. The fraction of sp³-hybridized carbons (Fsp3) is 0.300. The summed E-state index contributed by atoms with van der Waals surface area (Å²) in [6.45, 7) is 2.45. The Morgan fingerprint density at radius 2 is 1.94 bits per heavy atom. The lowest BCUT2D eigenvalue weighted by Gasteiger charge is -2.13. The molecule has 0 heterocycles. The third-order valence-electron chi connectivity index (χ3n) is 4.43. The van der Waals surface area contributed by atoms with E-state index in [9.17, 15) is 28.1 Å². The summed E-state index contributed by atoms with van der Waals surface area (Å²) < 4.78 is 31.6. The fourth-order valence-corrected chi connectivity index (χ4v) is 4.33. The molecule has 1 amide bonds. The first-order valence-corrected chi connectivity index (χ1v) is 12.2. The average Bonchev–Trinajstić information content (AvgIpc) is 2.77. The third kappa shape index (κ3) is 6.52. The maximum Gasteiger partial charge on any atom is 0.321 e. The number of ether oxygens (including phenoxy) is 1. The number of carbonyl (C=O) groups is 2. The minimum absolute atomic E-state index is 0.305. The van der Waals surface area contributed by atoms with Crippen molar-refractivity contribution in [3.8, 4) is 0 Å². The van der Waals surface area contributed by atoms with Crippen molar-refractivity contribution in [2.75, 3.05) is 24.7 Å². The fourth-order valence-electron chi connectivity index (χ4n) is 2.79. The van der Waals surface area contributed by atoms with Gasteiger partial charge in [-0.2, -0.15) is 4.72 Å². The highest BCUT2D eigenvalue weighted by molar-refractivity contribution is 7.98. The molecular weight excluding hydrogens is 458 g/mol. The Labute approximate surface area is 189 Å². The van der Waals surface area contributed by atoms with E-state index in [1.54, 1.807) is 6.26 Å². The molecule has 0 spiro atoms. The summed E-state index contributed by atoms with van der Waals surface area (Å²) in [6.07, 6.45) is 2.33. The molecule has 172 valence electrons. The van der Waals surface area contributed by atoms with Crippen molar-refractivity contribution in [3.63, 3.8) is 0 Å². The Morgan fingerprint density at radius 3 is 2.56 bits per heavy atom. The van der Waals surface area contributed by atoms with E-state index < -0.39 is 40.0 Å². The summed E-state index contributed by atoms with van der Waals surface area (Å²) in [5.74, 6) is -1.53. The van der Waals surface area contributed by atoms with Gasteiger partial charge in [-0.1, -0.05) is 25.1 Å². The summed E-state index contributed by atoms with van der Waals surface area (Å²) in [5, 5.41) is 13.8. The van der Waals surface area contributed by atoms with E-state index in [4.69, 9.17) is 4.74 Å². The molecule has 0 radical (unpaired) electrons. The van der Waals surface area contributed by atoms with E-state index in [2.05, 4.69) is 5.32 Å². The summed E-state index contributed by atoms with van der Waals surface area (Å²) in [7, 11) is -4.20. The molecule has 0 saturated heterocycles. The molecule has 0 fully saturated rings. The van der Waals surface area contributed by atoms with Crippen LogP contribution in [0.2, 0.25) is 0 Å². The predicted molar refractivity (Wildman–Crippen MR) is 120 cm³/mol. The molecule has 10 nitrogen and oxygen atoms in total. The predicted octanol–water partition coefficient (Wildman–Crippen LogP) is 2.65. The molecule has 0 aliphatic carbocycles. The quantitative estimate of drug-likeness (QED) is 0.228. The topological polar surface area (TPSA) is 145 Å². The number of para-hydroxylation sites is 1. The van der Waals surface area contributed by atoms with Crippen molar-refractivity contribution in [3.05, 3.63) is 57.6 Å². The lowest BCUT2D eigenvalue weighted by molar-refractivity contribution is -0.388. The first-order chi connectivity index (χ1) is 15.1. The molecule has 2 rings (SSSR count). The number of rotatable bonds is 10. The number of hydrogen-bond acceptors (Lipinski definition) is 8. The number of nitrogens with one attached hydrogen (secondary N) is 2. The van der Waals surface area contributed by atoms with Gasteiger partial charge in [0.15, 0.2) is 6.61 Å². The van der Waals surface area contributed by atoms with E-state index in [1.165, 1.54) is 12.1 Å². The van der Waals surface area contributed by atoms with Gasteiger partial charge in [-0.05, 0) is 42.9 Å². The average molecular weight is 482 g/mol. The number of thioether (sulfide) groups is 1. The Bertz CT molecular complexity index is 1130. The van der Waals surface area contributed by atoms with E-state index in [0.29, 0.717) is 17.0 Å². The molecule has 0 atom stereocenters. The summed E-state index contributed by atoms with van der Waals surface area (Å²) >= 11 is 1.11. The molecule has 0 saturated carbocycles. The second kappa shape index (κ2) is 11.1. The van der Waals surface area contributed by atoms with Gasteiger partial charge < -0.3 is 10.1 Å². The van der Waals surface area contributed by atoms with Crippen molar-refractivity contribution in [2.45, 2.75) is 30.1 Å². The molecule has 2 N–H and O–H groups in total. The van der Waals surface area contributed by atoms with Crippen LogP contribution < -0.4 is 10.0 Å². The zero-order valence-corrected chi connectivity index (χ0v) is 19.3. The zero-order chi connectivity index (χ0) is 23.9. The van der Waals surface area contributed by atoms with Crippen LogP contribution in [0.3, 0.4) is 0 Å². The maximum atomic E-state index is 12.4. The number of nitrogens with zero attached hydrogens (tertiary/aromatic N) is 1. The normalized spacial score (nSPS) is 11.1. The standard InChI is InChI=1S/C20H23N3O7S2/c1-4-14-7-5-6-13(2)20(14)22-18(24)12-30-19(25)11-21-32(28,29)15-8-9-17(31-3)16(10-15)23(26)27/h5-10,21H,4,11-12H2,1-3H3,(H,22,24). The number of benzene rings is 2. The maximum absolute atomic E-state index is 12.4. The molecular formula is C20H23N3O7S2. The van der Waals surface area contributed by atoms with E-state index >= 15 is 0 Å². The van der Waals surface area contributed by atoms with Crippen LogP contribution in [0.4, 0.5) is 11.4 Å². The number of amides is 1. The lowest BCUT2D eigenvalue weighted by Crippen LogP contribution is -2.32. The molecule has 0 aromatic heterocycles. The molecule has 2 aromatic rings. The molecule has 0 aliphatic heterocycles. The number of carbonyl (C=O) groups excluding carboxylic acids is 2. The first-order valence-electron chi connectivity index (χ1n) is 9.45. The number of nitro benzene ring substituents is 1. The highest BCUT2D eigenvalue weighted by Crippen LogP contribution is 2.29. The van der Waals surface area contributed by atoms with E-state index in [1.807, 2.05) is 36.8 Å². The lowest BCUT2D eigenvalue weighted by atomic mass is 10.1. The monoisotopic (exact) mass is 481 g/mol. The van der Waals surface area contributed by atoms with Crippen LogP contribution in [-0.2, 0) is 30.8 Å². The second-order valence-electron chi connectivity index (χ2n) is 6.59. The second-order valence-corrected chi connectivity index (χ2v) is 9.20. The van der Waals surface area contributed by atoms with Crippen LogP contribution in [-0.4, -0.2) is 44.6 Å². The van der Waals surface area contributed by atoms with Crippen LogP contribution in [0.1, 0.15) is 18.1 Å². The first kappa shape index (κ1) is 25.3. The number of anilines is 1. The van der Waals surface area contributed by atoms with Gasteiger partial charge in [0.25, 0.3) is 11.6 Å². The van der Waals surface area contributed by atoms with Crippen LogP contribution in [0, 0.1) is 17.0 Å². The molecule has 0 bridgehead atoms. The highest BCUT2D eigenvalue weighted by atomic mass is 32.2. The Kier molecular flexibility index (Phi) is 8.75. The summed E-state index contributed by atoms with van der Waals surface area (Å²) in [6, 6.07) is 9.02. The van der Waals surface area contributed by atoms with Crippen molar-refractivity contribution in [1.29, 1.82) is 0 Å². The minimum Gasteiger partial charge on any atom is -0.455 e. The number of esters is 1. The van der Waals surface area contributed by atoms with Gasteiger partial charge in [-0.15, -0.1) is 11.8 Å². The van der Waals surface area contributed by atoms with Gasteiger partial charge >= 0.3 is 5.97 Å². The highest BCUT2D eigenvalue weighted by Gasteiger charge is 2.22. The van der Waals surface area contributed by atoms with Crippen LogP contribution in [0.15, 0.2) is 46.2 Å². The molecule has 32 heavy (non-hydrogen) atoms. The SMILES string of the molecule is CCc1cccc(C)c1NC(=O)COC(=O)CNS(=O)(=O)c1ccc(SC)c([N+](=O)[O-])c1. The number of aryl methyl sites for hydroxylation is 2. The van der Waals surface area contributed by atoms with E-state index in [0.717, 1.165) is 29.0 Å². The number of hydrogen-bond donors (Lipinski definition) is 2. The van der Waals surface area contributed by atoms with E-state index in [-0.39, 0.29) is 10.6 Å². The largest absolute Gasteiger partial charge is 0.455 e. The van der Waals surface area contributed by atoms with Crippen LogP contribution in [0.5, 0.6) is 0 Å².